The van der Waals surface area contributed by atoms with Crippen LogP contribution in [0.4, 0.5) is 13.2 Å². The maximum Gasteiger partial charge on any atom is 0.416 e. The molecule has 1 aromatic heterocycles. The SMILES string of the molecule is O=C(CCc1ccc(C(F)(F)F)cc1)NCCC(CCO)c1ccsc1. The van der Waals surface area contributed by atoms with Crippen LogP contribution in [0.1, 0.15) is 41.9 Å². The van der Waals surface area contributed by atoms with Crippen LogP contribution in [-0.2, 0) is 17.4 Å². The van der Waals surface area contributed by atoms with Gasteiger partial charge in [-0.3, -0.25) is 4.79 Å². The summed E-state index contributed by atoms with van der Waals surface area (Å²) in [5.41, 5.74) is 1.18. The van der Waals surface area contributed by atoms with Crippen molar-refractivity contribution in [1.29, 1.82) is 0 Å². The van der Waals surface area contributed by atoms with Crippen LogP contribution >= 0.6 is 11.3 Å². The maximum atomic E-state index is 12.5. The minimum Gasteiger partial charge on any atom is -0.396 e. The average molecular weight is 385 g/mol. The van der Waals surface area contributed by atoms with Crippen LogP contribution < -0.4 is 5.32 Å². The molecular weight excluding hydrogens is 363 g/mol. The molecule has 0 aliphatic carbocycles. The second-order valence-electron chi connectivity index (χ2n) is 6.10. The van der Waals surface area contributed by atoms with Gasteiger partial charge in [0.2, 0.25) is 5.91 Å². The van der Waals surface area contributed by atoms with Crippen LogP contribution in [0.2, 0.25) is 0 Å². The van der Waals surface area contributed by atoms with E-state index in [1.807, 2.05) is 16.8 Å². The van der Waals surface area contributed by atoms with E-state index in [0.717, 1.165) is 18.6 Å². The fourth-order valence-electron chi connectivity index (χ4n) is 2.73. The minimum atomic E-state index is -4.34. The van der Waals surface area contributed by atoms with Gasteiger partial charge in [-0.2, -0.15) is 24.5 Å². The molecule has 2 aromatic rings. The van der Waals surface area contributed by atoms with E-state index in [2.05, 4.69) is 5.32 Å². The number of carbonyl (C=O) groups is 1. The molecule has 2 rings (SSSR count). The van der Waals surface area contributed by atoms with Crippen molar-refractivity contribution in [1.82, 2.24) is 5.32 Å². The second kappa shape index (κ2) is 9.73. The monoisotopic (exact) mass is 385 g/mol. The second-order valence-corrected chi connectivity index (χ2v) is 6.88. The normalized spacial score (nSPS) is 12.8. The van der Waals surface area contributed by atoms with Gasteiger partial charge in [0.25, 0.3) is 0 Å². The summed E-state index contributed by atoms with van der Waals surface area (Å²) in [6.45, 7) is 0.606. The molecule has 0 aliphatic rings. The third kappa shape index (κ3) is 6.46. The number of nitrogens with one attached hydrogen (secondary N) is 1. The van der Waals surface area contributed by atoms with Crippen molar-refractivity contribution < 1.29 is 23.1 Å². The molecule has 1 unspecified atom stereocenters. The number of benzene rings is 1. The van der Waals surface area contributed by atoms with Crippen molar-refractivity contribution in [3.63, 3.8) is 0 Å². The Kier molecular flexibility index (Phi) is 7.66. The topological polar surface area (TPSA) is 49.3 Å². The zero-order valence-corrected chi connectivity index (χ0v) is 15.1. The highest BCUT2D eigenvalue weighted by Crippen LogP contribution is 2.29. The third-order valence-electron chi connectivity index (χ3n) is 4.23. The number of thiophene rings is 1. The van der Waals surface area contributed by atoms with Gasteiger partial charge in [-0.1, -0.05) is 12.1 Å². The smallest absolute Gasteiger partial charge is 0.396 e. The Balaban J connectivity index is 1.73. The number of aliphatic hydroxyl groups excluding tert-OH is 1. The molecule has 1 aromatic carbocycles. The Bertz CT molecular complexity index is 669. The van der Waals surface area contributed by atoms with E-state index in [-0.39, 0.29) is 24.9 Å². The summed E-state index contributed by atoms with van der Waals surface area (Å²) in [5, 5.41) is 16.0. The molecule has 3 nitrogen and oxygen atoms in total. The highest BCUT2D eigenvalue weighted by molar-refractivity contribution is 7.07. The Hall–Kier alpha value is -1.86. The fraction of sp³-hybridized carbons (Fsp3) is 0.421. The van der Waals surface area contributed by atoms with Crippen molar-refractivity contribution in [2.24, 2.45) is 0 Å². The van der Waals surface area contributed by atoms with Crippen molar-refractivity contribution in [3.8, 4) is 0 Å². The standard InChI is InChI=1S/C19H22F3NO2S/c20-19(21,22)17-4-1-14(2-5-17)3-6-18(25)23-10-7-15(8-11-24)16-9-12-26-13-16/h1-2,4-5,9,12-13,15,24H,3,6-8,10-11H2,(H,23,25). The highest BCUT2D eigenvalue weighted by Gasteiger charge is 2.29. The van der Waals surface area contributed by atoms with E-state index in [1.54, 1.807) is 11.3 Å². The third-order valence-corrected chi connectivity index (χ3v) is 4.93. The average Bonchev–Trinajstić information content (AvgIpc) is 3.13. The number of aryl methyl sites for hydroxylation is 1. The summed E-state index contributed by atoms with van der Waals surface area (Å²) in [6.07, 6.45) is -2.33. The van der Waals surface area contributed by atoms with Crippen molar-refractivity contribution in [3.05, 3.63) is 57.8 Å². The van der Waals surface area contributed by atoms with Crippen molar-refractivity contribution in [2.45, 2.75) is 37.8 Å². The molecule has 1 heterocycles. The van der Waals surface area contributed by atoms with Crippen LogP contribution in [-0.4, -0.2) is 24.2 Å². The summed E-state index contributed by atoms with van der Waals surface area (Å²) in [5.74, 6) is 0.0828. The number of amides is 1. The predicted molar refractivity (Wildman–Crippen MR) is 96.2 cm³/mol. The summed E-state index contributed by atoms with van der Waals surface area (Å²) in [4.78, 5) is 11.9. The maximum absolute atomic E-state index is 12.5. The number of carbonyl (C=O) groups excluding carboxylic acids is 1. The van der Waals surface area contributed by atoms with Crippen molar-refractivity contribution >= 4 is 17.2 Å². The van der Waals surface area contributed by atoms with E-state index in [9.17, 15) is 18.0 Å². The molecule has 1 atom stereocenters. The Morgan fingerprint density at radius 1 is 1.15 bits per heavy atom. The van der Waals surface area contributed by atoms with E-state index in [4.69, 9.17) is 5.11 Å². The lowest BCUT2D eigenvalue weighted by Crippen LogP contribution is -2.26. The lowest BCUT2D eigenvalue weighted by atomic mass is 9.95. The van der Waals surface area contributed by atoms with Gasteiger partial charge in [0.05, 0.1) is 5.56 Å². The van der Waals surface area contributed by atoms with Gasteiger partial charge in [0.15, 0.2) is 0 Å². The van der Waals surface area contributed by atoms with Gasteiger partial charge in [-0.15, -0.1) is 0 Å². The zero-order chi connectivity index (χ0) is 19.0. The molecule has 0 spiro atoms. The molecule has 1 amide bonds. The number of halogens is 3. The Morgan fingerprint density at radius 2 is 1.88 bits per heavy atom. The molecule has 0 aliphatic heterocycles. The number of hydrogen-bond donors (Lipinski definition) is 2. The number of hydrogen-bond acceptors (Lipinski definition) is 3. The fourth-order valence-corrected chi connectivity index (χ4v) is 3.48. The van der Waals surface area contributed by atoms with E-state index < -0.39 is 11.7 Å². The first-order chi connectivity index (χ1) is 12.4. The predicted octanol–water partition coefficient (Wildman–Crippen LogP) is 4.37. The van der Waals surface area contributed by atoms with Gasteiger partial charge in [-0.05, 0) is 65.3 Å². The zero-order valence-electron chi connectivity index (χ0n) is 14.3. The van der Waals surface area contributed by atoms with Crippen LogP contribution in [0.5, 0.6) is 0 Å². The van der Waals surface area contributed by atoms with Gasteiger partial charge in [0.1, 0.15) is 0 Å². The minimum absolute atomic E-state index is 0.0996. The molecule has 0 saturated carbocycles. The van der Waals surface area contributed by atoms with E-state index >= 15 is 0 Å². The molecule has 0 fully saturated rings. The lowest BCUT2D eigenvalue weighted by molar-refractivity contribution is -0.137. The summed E-state index contributed by atoms with van der Waals surface area (Å²) >= 11 is 1.60. The van der Waals surface area contributed by atoms with Crippen LogP contribution in [0.15, 0.2) is 41.1 Å². The number of alkyl halides is 3. The first-order valence-corrected chi connectivity index (χ1v) is 9.40. The quantitative estimate of drug-likeness (QED) is 0.673. The summed E-state index contributed by atoms with van der Waals surface area (Å²) < 4.78 is 37.5. The largest absolute Gasteiger partial charge is 0.416 e. The first kappa shape index (κ1) is 20.5. The van der Waals surface area contributed by atoms with Crippen LogP contribution in [0.3, 0.4) is 0 Å². The number of aliphatic hydroxyl groups is 1. The summed E-state index contributed by atoms with van der Waals surface area (Å²) in [7, 11) is 0. The molecule has 0 radical (unpaired) electrons. The van der Waals surface area contributed by atoms with Gasteiger partial charge >= 0.3 is 6.18 Å². The number of rotatable bonds is 9. The molecule has 0 saturated heterocycles. The first-order valence-electron chi connectivity index (χ1n) is 8.46. The van der Waals surface area contributed by atoms with Crippen LogP contribution in [0, 0.1) is 0 Å². The summed E-state index contributed by atoms with van der Waals surface area (Å²) in [6, 6.07) is 6.91. The van der Waals surface area contributed by atoms with Crippen LogP contribution in [0.25, 0.3) is 0 Å². The van der Waals surface area contributed by atoms with Gasteiger partial charge in [-0.25, -0.2) is 0 Å². The Morgan fingerprint density at radius 3 is 2.46 bits per heavy atom. The molecular formula is C19H22F3NO2S. The highest BCUT2D eigenvalue weighted by atomic mass is 32.1. The van der Waals surface area contributed by atoms with Gasteiger partial charge < -0.3 is 10.4 Å². The molecule has 26 heavy (non-hydrogen) atoms. The van der Waals surface area contributed by atoms with E-state index in [0.29, 0.717) is 24.9 Å². The molecule has 2 N–H and O–H groups in total. The molecule has 0 bridgehead atoms. The molecule has 7 heteroatoms. The van der Waals surface area contributed by atoms with Gasteiger partial charge in [0, 0.05) is 19.6 Å². The molecule has 142 valence electrons. The Labute approximate surface area is 154 Å². The lowest BCUT2D eigenvalue weighted by Gasteiger charge is -2.15. The van der Waals surface area contributed by atoms with Crippen molar-refractivity contribution in [2.75, 3.05) is 13.2 Å². The van der Waals surface area contributed by atoms with E-state index in [1.165, 1.54) is 17.7 Å².